The summed E-state index contributed by atoms with van der Waals surface area (Å²) in [5.74, 6) is -0.126. The van der Waals surface area contributed by atoms with E-state index < -0.39 is 6.10 Å². The molecule has 0 radical (unpaired) electrons. The molecule has 1 amide bonds. The van der Waals surface area contributed by atoms with Crippen LogP contribution in [0.4, 0.5) is 5.69 Å². The van der Waals surface area contributed by atoms with Crippen molar-refractivity contribution in [2.45, 2.75) is 25.9 Å². The lowest BCUT2D eigenvalue weighted by Crippen LogP contribution is -2.27. The summed E-state index contributed by atoms with van der Waals surface area (Å²) in [4.78, 5) is 11.7. The smallest absolute Gasteiger partial charge is 0.253 e. The number of benzene rings is 1. The van der Waals surface area contributed by atoms with Gasteiger partial charge in [0.15, 0.2) is 0 Å². The summed E-state index contributed by atoms with van der Waals surface area (Å²) in [6, 6.07) is 7.79. The van der Waals surface area contributed by atoms with Crippen LogP contribution in [0.15, 0.2) is 36.9 Å². The third-order valence-corrected chi connectivity index (χ3v) is 2.62. The predicted octanol–water partition coefficient (Wildman–Crippen LogP) is 2.78. The zero-order valence-corrected chi connectivity index (χ0v) is 10.4. The summed E-state index contributed by atoms with van der Waals surface area (Å²) in [6.45, 7) is 5.42. The number of carbonyl (C=O) groups is 1. The number of anilines is 1. The van der Waals surface area contributed by atoms with E-state index in [0.717, 1.165) is 24.1 Å². The summed E-state index contributed by atoms with van der Waals surface area (Å²) in [7, 11) is 1.52. The highest BCUT2D eigenvalue weighted by atomic mass is 16.5. The van der Waals surface area contributed by atoms with Crippen LogP contribution in [0.25, 0.3) is 0 Å². The number of nitrogens with one attached hydrogen (secondary N) is 1. The summed E-state index contributed by atoms with van der Waals surface area (Å²) in [5, 5.41) is 2.87. The van der Waals surface area contributed by atoms with Gasteiger partial charge < -0.3 is 10.1 Å². The van der Waals surface area contributed by atoms with Gasteiger partial charge in [-0.3, -0.25) is 4.79 Å². The molecule has 0 aliphatic carbocycles. The Morgan fingerprint density at radius 2 is 2.24 bits per heavy atom. The zero-order chi connectivity index (χ0) is 12.7. The lowest BCUT2D eigenvalue weighted by molar-refractivity contribution is -0.124. The van der Waals surface area contributed by atoms with Crippen LogP contribution in [0.5, 0.6) is 0 Å². The van der Waals surface area contributed by atoms with Gasteiger partial charge >= 0.3 is 0 Å². The Bertz CT molecular complexity index is 388. The molecule has 0 aliphatic heterocycles. The predicted molar refractivity (Wildman–Crippen MR) is 70.1 cm³/mol. The molecule has 1 aromatic carbocycles. The first-order chi connectivity index (χ1) is 8.19. The van der Waals surface area contributed by atoms with Crippen LogP contribution in [0.3, 0.4) is 0 Å². The topological polar surface area (TPSA) is 38.3 Å². The number of amides is 1. The normalized spacial score (nSPS) is 11.9. The number of aryl methyl sites for hydroxylation is 1. The average Bonchev–Trinajstić information content (AvgIpc) is 2.36. The minimum atomic E-state index is -0.442. The van der Waals surface area contributed by atoms with E-state index >= 15 is 0 Å². The number of allylic oxidation sites excluding steroid dienone is 1. The van der Waals surface area contributed by atoms with Crippen molar-refractivity contribution < 1.29 is 9.53 Å². The van der Waals surface area contributed by atoms with Crippen molar-refractivity contribution in [3.05, 3.63) is 42.5 Å². The zero-order valence-electron chi connectivity index (χ0n) is 10.4. The quantitative estimate of drug-likeness (QED) is 0.767. The number of rotatable bonds is 6. The molecule has 0 spiro atoms. The maximum absolute atomic E-state index is 11.7. The molecule has 0 bridgehead atoms. The summed E-state index contributed by atoms with van der Waals surface area (Å²) >= 11 is 0. The van der Waals surface area contributed by atoms with E-state index in [9.17, 15) is 4.79 Å². The Morgan fingerprint density at radius 1 is 1.53 bits per heavy atom. The number of ether oxygens (including phenoxy) is 1. The van der Waals surface area contributed by atoms with Crippen LogP contribution in [-0.2, 0) is 16.0 Å². The van der Waals surface area contributed by atoms with Gasteiger partial charge in [-0.05, 0) is 31.4 Å². The largest absolute Gasteiger partial charge is 0.372 e. The Kier molecular flexibility index (Phi) is 5.43. The fraction of sp³-hybridized carbons (Fsp3) is 0.357. The van der Waals surface area contributed by atoms with E-state index in [1.54, 1.807) is 6.92 Å². The highest BCUT2D eigenvalue weighted by Gasteiger charge is 2.12. The molecule has 1 N–H and O–H groups in total. The van der Waals surface area contributed by atoms with Crippen molar-refractivity contribution >= 4 is 11.6 Å². The molecule has 3 nitrogen and oxygen atoms in total. The standard InChI is InChI=1S/C14H19NO2/c1-4-5-8-12-9-6-7-10-13(12)15-14(16)11(2)17-3/h4,6-7,9-11H,1,5,8H2,2-3H3,(H,15,16). The summed E-state index contributed by atoms with van der Waals surface area (Å²) in [5.41, 5.74) is 1.97. The van der Waals surface area contributed by atoms with E-state index in [0.29, 0.717) is 0 Å². The molecular weight excluding hydrogens is 214 g/mol. The molecule has 1 unspecified atom stereocenters. The van der Waals surface area contributed by atoms with Crippen LogP contribution >= 0.6 is 0 Å². The number of methoxy groups -OCH3 is 1. The summed E-state index contributed by atoms with van der Waals surface area (Å²) in [6.07, 6.45) is 3.20. The molecule has 1 rings (SSSR count). The molecular formula is C14H19NO2. The molecule has 92 valence electrons. The van der Waals surface area contributed by atoms with Crippen LogP contribution < -0.4 is 5.32 Å². The monoisotopic (exact) mass is 233 g/mol. The second kappa shape index (κ2) is 6.86. The maximum atomic E-state index is 11.7. The van der Waals surface area contributed by atoms with Gasteiger partial charge in [0.1, 0.15) is 6.10 Å². The first kappa shape index (κ1) is 13.5. The molecule has 17 heavy (non-hydrogen) atoms. The molecule has 0 aliphatic rings. The summed E-state index contributed by atoms with van der Waals surface area (Å²) < 4.78 is 4.98. The van der Waals surface area contributed by atoms with Crippen molar-refractivity contribution in [3.63, 3.8) is 0 Å². The Morgan fingerprint density at radius 3 is 2.88 bits per heavy atom. The van der Waals surface area contributed by atoms with E-state index in [2.05, 4.69) is 11.9 Å². The third kappa shape index (κ3) is 4.04. The molecule has 3 heteroatoms. The third-order valence-electron chi connectivity index (χ3n) is 2.62. The van der Waals surface area contributed by atoms with Gasteiger partial charge in [0.05, 0.1) is 0 Å². The van der Waals surface area contributed by atoms with Crippen molar-refractivity contribution in [2.75, 3.05) is 12.4 Å². The fourth-order valence-corrected chi connectivity index (χ4v) is 1.46. The molecule has 0 fully saturated rings. The number of para-hydroxylation sites is 1. The van der Waals surface area contributed by atoms with E-state index in [4.69, 9.17) is 4.74 Å². The van der Waals surface area contributed by atoms with Gasteiger partial charge in [-0.25, -0.2) is 0 Å². The highest BCUT2D eigenvalue weighted by Crippen LogP contribution is 2.17. The minimum Gasteiger partial charge on any atom is -0.372 e. The second-order valence-corrected chi connectivity index (χ2v) is 3.85. The molecule has 0 saturated carbocycles. The first-order valence-corrected chi connectivity index (χ1v) is 5.71. The van der Waals surface area contributed by atoms with Gasteiger partial charge in [0.2, 0.25) is 0 Å². The lowest BCUT2D eigenvalue weighted by Gasteiger charge is -2.13. The van der Waals surface area contributed by atoms with Crippen LogP contribution in [0.1, 0.15) is 18.9 Å². The van der Waals surface area contributed by atoms with E-state index in [-0.39, 0.29) is 5.91 Å². The molecule has 0 saturated heterocycles. The maximum Gasteiger partial charge on any atom is 0.253 e. The first-order valence-electron chi connectivity index (χ1n) is 5.71. The van der Waals surface area contributed by atoms with Crippen molar-refractivity contribution in [3.8, 4) is 0 Å². The van der Waals surface area contributed by atoms with Crippen molar-refractivity contribution in [1.29, 1.82) is 0 Å². The van der Waals surface area contributed by atoms with Crippen molar-refractivity contribution in [2.24, 2.45) is 0 Å². The molecule has 1 aromatic rings. The molecule has 1 atom stereocenters. The van der Waals surface area contributed by atoms with Crippen LogP contribution in [-0.4, -0.2) is 19.1 Å². The number of carbonyl (C=O) groups excluding carboxylic acids is 1. The van der Waals surface area contributed by atoms with Crippen molar-refractivity contribution in [1.82, 2.24) is 0 Å². The van der Waals surface area contributed by atoms with Crippen LogP contribution in [0, 0.1) is 0 Å². The van der Waals surface area contributed by atoms with Gasteiger partial charge in [-0.15, -0.1) is 6.58 Å². The Labute approximate surface area is 102 Å². The van der Waals surface area contributed by atoms with Crippen LogP contribution in [0.2, 0.25) is 0 Å². The minimum absolute atomic E-state index is 0.126. The number of hydrogen-bond acceptors (Lipinski definition) is 2. The lowest BCUT2D eigenvalue weighted by atomic mass is 10.1. The molecule has 0 aromatic heterocycles. The fourth-order valence-electron chi connectivity index (χ4n) is 1.46. The Hall–Kier alpha value is -1.61. The van der Waals surface area contributed by atoms with Gasteiger partial charge in [-0.2, -0.15) is 0 Å². The van der Waals surface area contributed by atoms with E-state index in [1.165, 1.54) is 7.11 Å². The van der Waals surface area contributed by atoms with Gasteiger partial charge in [-0.1, -0.05) is 24.3 Å². The molecule has 0 heterocycles. The van der Waals surface area contributed by atoms with E-state index in [1.807, 2.05) is 30.3 Å². The van der Waals surface area contributed by atoms with Gasteiger partial charge in [0.25, 0.3) is 5.91 Å². The second-order valence-electron chi connectivity index (χ2n) is 3.85. The average molecular weight is 233 g/mol. The van der Waals surface area contributed by atoms with Gasteiger partial charge in [0, 0.05) is 12.8 Å². The highest BCUT2D eigenvalue weighted by molar-refractivity contribution is 5.94. The number of hydrogen-bond donors (Lipinski definition) is 1. The SMILES string of the molecule is C=CCCc1ccccc1NC(=O)C(C)OC. The Balaban J connectivity index is 2.75.